The molecule has 2 saturated heterocycles. The smallest absolute Gasteiger partial charge is 0.240 e. The number of hydrogen-bond acceptors (Lipinski definition) is 3. The Hall–Kier alpha value is -0.610. The molecule has 1 unspecified atom stereocenters. The minimum absolute atomic E-state index is 0.198. The summed E-state index contributed by atoms with van der Waals surface area (Å²) in [5.41, 5.74) is 0. The van der Waals surface area contributed by atoms with Gasteiger partial charge in [0.1, 0.15) is 0 Å². The third-order valence-electron chi connectivity index (χ3n) is 4.79. The van der Waals surface area contributed by atoms with E-state index in [1.165, 1.54) is 32.2 Å². The summed E-state index contributed by atoms with van der Waals surface area (Å²) >= 11 is 0. The highest BCUT2D eigenvalue weighted by molar-refractivity contribution is 5.82. The Bertz CT molecular complexity index is 297. The molecular weight excluding hydrogens is 226 g/mol. The van der Waals surface area contributed by atoms with Gasteiger partial charge in [0, 0.05) is 32.7 Å². The minimum atomic E-state index is 0.198. The molecule has 1 aliphatic carbocycles. The van der Waals surface area contributed by atoms with Crippen molar-refractivity contribution >= 4 is 5.91 Å². The van der Waals surface area contributed by atoms with Crippen molar-refractivity contribution in [1.29, 1.82) is 0 Å². The predicted octanol–water partition coefficient (Wildman–Crippen LogP) is 0.683. The van der Waals surface area contributed by atoms with Gasteiger partial charge in [-0.25, -0.2) is 0 Å². The summed E-state index contributed by atoms with van der Waals surface area (Å²) in [6, 6.07) is 0.198. The standard InChI is InChI=1S/C14H25N3O/c18-14(16-9-6-15-7-10-16)13-5-2-8-17(13)11-12-3-1-4-12/h12-13,15H,1-11H2. The molecule has 0 bridgehead atoms. The molecule has 18 heavy (non-hydrogen) atoms. The number of likely N-dealkylation sites (tertiary alicyclic amines) is 1. The van der Waals surface area contributed by atoms with E-state index < -0.39 is 0 Å². The first-order valence-electron chi connectivity index (χ1n) is 7.58. The van der Waals surface area contributed by atoms with Crippen LogP contribution < -0.4 is 5.32 Å². The van der Waals surface area contributed by atoms with Crippen molar-refractivity contribution < 1.29 is 4.79 Å². The number of carbonyl (C=O) groups excluding carboxylic acids is 1. The van der Waals surface area contributed by atoms with Crippen LogP contribution in [0.3, 0.4) is 0 Å². The Morgan fingerprint density at radius 2 is 1.83 bits per heavy atom. The van der Waals surface area contributed by atoms with E-state index in [4.69, 9.17) is 0 Å². The summed E-state index contributed by atoms with van der Waals surface area (Å²) in [5, 5.41) is 3.31. The average Bonchev–Trinajstić information content (AvgIpc) is 2.82. The number of nitrogens with one attached hydrogen (secondary N) is 1. The maximum Gasteiger partial charge on any atom is 0.240 e. The Labute approximate surface area is 110 Å². The van der Waals surface area contributed by atoms with Gasteiger partial charge in [-0.2, -0.15) is 0 Å². The third kappa shape index (κ3) is 2.54. The first-order chi connectivity index (χ1) is 8.84. The number of hydrogen-bond donors (Lipinski definition) is 1. The van der Waals surface area contributed by atoms with Crippen LogP contribution >= 0.6 is 0 Å². The second-order valence-corrected chi connectivity index (χ2v) is 6.03. The minimum Gasteiger partial charge on any atom is -0.339 e. The fourth-order valence-electron chi connectivity index (χ4n) is 3.43. The Morgan fingerprint density at radius 1 is 1.06 bits per heavy atom. The van der Waals surface area contributed by atoms with Crippen molar-refractivity contribution in [3.63, 3.8) is 0 Å². The van der Waals surface area contributed by atoms with Crippen LogP contribution in [0.15, 0.2) is 0 Å². The molecule has 3 rings (SSSR count). The number of rotatable bonds is 3. The van der Waals surface area contributed by atoms with E-state index in [0.29, 0.717) is 5.91 Å². The van der Waals surface area contributed by atoms with Crippen molar-refractivity contribution in [2.75, 3.05) is 39.3 Å². The SMILES string of the molecule is O=C(C1CCCN1CC1CCC1)N1CCNCC1. The lowest BCUT2D eigenvalue weighted by molar-refractivity contribution is -0.136. The quantitative estimate of drug-likeness (QED) is 0.801. The zero-order valence-corrected chi connectivity index (χ0v) is 11.2. The molecule has 3 fully saturated rings. The van der Waals surface area contributed by atoms with Crippen molar-refractivity contribution in [3.05, 3.63) is 0 Å². The van der Waals surface area contributed by atoms with Gasteiger partial charge < -0.3 is 10.2 Å². The molecular formula is C14H25N3O. The molecule has 2 heterocycles. The van der Waals surface area contributed by atoms with E-state index in [0.717, 1.165) is 45.1 Å². The van der Waals surface area contributed by atoms with E-state index in [2.05, 4.69) is 15.1 Å². The third-order valence-corrected chi connectivity index (χ3v) is 4.79. The van der Waals surface area contributed by atoms with E-state index in [1.807, 2.05) is 0 Å². The second-order valence-electron chi connectivity index (χ2n) is 6.03. The zero-order chi connectivity index (χ0) is 12.4. The van der Waals surface area contributed by atoms with Gasteiger partial charge in [0.25, 0.3) is 0 Å². The molecule has 4 nitrogen and oxygen atoms in total. The van der Waals surface area contributed by atoms with Gasteiger partial charge in [-0.15, -0.1) is 0 Å². The lowest BCUT2D eigenvalue weighted by Crippen LogP contribution is -2.53. The van der Waals surface area contributed by atoms with Crippen molar-refractivity contribution in [1.82, 2.24) is 15.1 Å². The van der Waals surface area contributed by atoms with Gasteiger partial charge in [0.15, 0.2) is 0 Å². The molecule has 0 aromatic heterocycles. The number of carbonyl (C=O) groups is 1. The van der Waals surface area contributed by atoms with Crippen LogP contribution in [-0.2, 0) is 4.79 Å². The molecule has 3 aliphatic rings. The molecule has 1 amide bonds. The summed E-state index contributed by atoms with van der Waals surface area (Å²) in [6.07, 6.45) is 6.44. The fourth-order valence-corrected chi connectivity index (χ4v) is 3.43. The largest absolute Gasteiger partial charge is 0.339 e. The van der Waals surface area contributed by atoms with Crippen molar-refractivity contribution in [2.45, 2.75) is 38.1 Å². The monoisotopic (exact) mass is 251 g/mol. The average molecular weight is 251 g/mol. The summed E-state index contributed by atoms with van der Waals surface area (Å²) in [7, 11) is 0. The molecule has 0 aromatic carbocycles. The van der Waals surface area contributed by atoms with Crippen LogP contribution in [-0.4, -0.2) is 61.0 Å². The first kappa shape index (κ1) is 12.4. The molecule has 4 heteroatoms. The highest BCUT2D eigenvalue weighted by atomic mass is 16.2. The van der Waals surface area contributed by atoms with Crippen LogP contribution in [0, 0.1) is 5.92 Å². The zero-order valence-electron chi connectivity index (χ0n) is 11.2. The molecule has 102 valence electrons. The predicted molar refractivity (Wildman–Crippen MR) is 71.4 cm³/mol. The van der Waals surface area contributed by atoms with Crippen LogP contribution in [0.5, 0.6) is 0 Å². The van der Waals surface area contributed by atoms with Crippen LogP contribution in [0.1, 0.15) is 32.1 Å². The summed E-state index contributed by atoms with van der Waals surface area (Å²) in [6.45, 7) is 6.02. The van der Waals surface area contributed by atoms with Gasteiger partial charge >= 0.3 is 0 Å². The van der Waals surface area contributed by atoms with Gasteiger partial charge in [-0.3, -0.25) is 9.69 Å². The van der Waals surface area contributed by atoms with Crippen LogP contribution in [0.25, 0.3) is 0 Å². The summed E-state index contributed by atoms with van der Waals surface area (Å²) in [4.78, 5) is 17.1. The number of nitrogens with zero attached hydrogens (tertiary/aromatic N) is 2. The van der Waals surface area contributed by atoms with Gasteiger partial charge in [0.2, 0.25) is 5.91 Å². The van der Waals surface area contributed by atoms with Gasteiger partial charge in [-0.1, -0.05) is 6.42 Å². The maximum absolute atomic E-state index is 12.6. The van der Waals surface area contributed by atoms with E-state index in [9.17, 15) is 4.79 Å². The molecule has 2 aliphatic heterocycles. The molecule has 0 spiro atoms. The maximum atomic E-state index is 12.6. The molecule has 0 radical (unpaired) electrons. The van der Waals surface area contributed by atoms with E-state index >= 15 is 0 Å². The van der Waals surface area contributed by atoms with E-state index in [-0.39, 0.29) is 6.04 Å². The Morgan fingerprint density at radius 3 is 2.50 bits per heavy atom. The first-order valence-corrected chi connectivity index (χ1v) is 7.58. The highest BCUT2D eigenvalue weighted by Crippen LogP contribution is 2.30. The highest BCUT2D eigenvalue weighted by Gasteiger charge is 2.35. The lowest BCUT2D eigenvalue weighted by Gasteiger charge is -2.36. The van der Waals surface area contributed by atoms with Crippen molar-refractivity contribution in [2.24, 2.45) is 5.92 Å². The van der Waals surface area contributed by atoms with Crippen LogP contribution in [0.2, 0.25) is 0 Å². The van der Waals surface area contributed by atoms with Crippen LogP contribution in [0.4, 0.5) is 0 Å². The number of piperazine rings is 1. The topological polar surface area (TPSA) is 35.6 Å². The Balaban J connectivity index is 1.56. The van der Waals surface area contributed by atoms with Gasteiger partial charge in [0.05, 0.1) is 6.04 Å². The Kier molecular flexibility index (Phi) is 3.85. The summed E-state index contributed by atoms with van der Waals surface area (Å²) < 4.78 is 0. The van der Waals surface area contributed by atoms with Gasteiger partial charge in [-0.05, 0) is 38.1 Å². The summed E-state index contributed by atoms with van der Waals surface area (Å²) in [5.74, 6) is 1.27. The number of amides is 1. The molecule has 1 atom stereocenters. The normalized spacial score (nSPS) is 30.4. The molecule has 1 N–H and O–H groups in total. The van der Waals surface area contributed by atoms with E-state index in [1.54, 1.807) is 0 Å². The lowest BCUT2D eigenvalue weighted by atomic mass is 9.85. The van der Waals surface area contributed by atoms with Crippen molar-refractivity contribution in [3.8, 4) is 0 Å². The molecule has 1 saturated carbocycles. The molecule has 0 aromatic rings. The second kappa shape index (κ2) is 5.57. The fraction of sp³-hybridized carbons (Fsp3) is 0.929.